The molecule has 5 heteroatoms. The van der Waals surface area contributed by atoms with E-state index in [0.29, 0.717) is 24.5 Å². The highest BCUT2D eigenvalue weighted by Gasteiger charge is 2.17. The van der Waals surface area contributed by atoms with E-state index in [1.165, 1.54) is 0 Å². The third-order valence-corrected chi connectivity index (χ3v) is 3.69. The van der Waals surface area contributed by atoms with Crippen LogP contribution in [0.1, 0.15) is 25.8 Å². The maximum Gasteiger partial charge on any atom is 0.224 e. The molecule has 1 aromatic rings. The number of fused-ring (bicyclic) bond motifs is 1. The number of hydrogen-bond donors (Lipinski definition) is 2. The molecule has 110 valence electrons. The van der Waals surface area contributed by atoms with E-state index in [2.05, 4.69) is 24.1 Å². The summed E-state index contributed by atoms with van der Waals surface area (Å²) in [7, 11) is 0. The van der Waals surface area contributed by atoms with E-state index in [1.54, 1.807) is 6.07 Å². The molecule has 1 amide bonds. The molecule has 0 spiro atoms. The molecule has 0 aromatic heterocycles. The Morgan fingerprint density at radius 3 is 2.75 bits per heavy atom. The van der Waals surface area contributed by atoms with Crippen LogP contribution in [0.4, 0.5) is 11.4 Å². The number of carbonyl (C=O) groups excluding carboxylic acids is 1. The van der Waals surface area contributed by atoms with Crippen molar-refractivity contribution in [1.29, 1.82) is 0 Å². The van der Waals surface area contributed by atoms with Gasteiger partial charge in [0, 0.05) is 18.7 Å². The highest BCUT2D eigenvalue weighted by atomic mass is 16.5. The second kappa shape index (κ2) is 6.61. The number of nitrogens with zero attached hydrogens (tertiary/aromatic N) is 1. The van der Waals surface area contributed by atoms with Gasteiger partial charge in [-0.3, -0.25) is 4.79 Å². The minimum Gasteiger partial charge on any atom is -0.490 e. The summed E-state index contributed by atoms with van der Waals surface area (Å²) in [5.41, 5.74) is 8.47. The van der Waals surface area contributed by atoms with E-state index >= 15 is 0 Å². The van der Waals surface area contributed by atoms with E-state index in [9.17, 15) is 4.79 Å². The molecule has 0 saturated carbocycles. The molecule has 0 bridgehead atoms. The zero-order valence-electron chi connectivity index (χ0n) is 12.2. The van der Waals surface area contributed by atoms with Crippen LogP contribution in [-0.4, -0.2) is 37.0 Å². The van der Waals surface area contributed by atoms with Gasteiger partial charge in [0.2, 0.25) is 5.91 Å². The van der Waals surface area contributed by atoms with Gasteiger partial charge in [-0.1, -0.05) is 13.8 Å². The number of aryl methyl sites for hydroxylation is 1. The first kappa shape index (κ1) is 14.7. The largest absolute Gasteiger partial charge is 0.490 e. The van der Waals surface area contributed by atoms with Crippen LogP contribution in [0.3, 0.4) is 0 Å². The maximum absolute atomic E-state index is 11.3. The van der Waals surface area contributed by atoms with Crippen molar-refractivity contribution in [2.24, 2.45) is 0 Å². The Morgan fingerprint density at radius 2 is 2.05 bits per heavy atom. The van der Waals surface area contributed by atoms with Gasteiger partial charge in [0.15, 0.2) is 0 Å². The summed E-state index contributed by atoms with van der Waals surface area (Å²) in [4.78, 5) is 13.6. The van der Waals surface area contributed by atoms with Gasteiger partial charge in [0.1, 0.15) is 12.4 Å². The monoisotopic (exact) mass is 277 g/mol. The molecule has 5 nitrogen and oxygen atoms in total. The highest BCUT2D eigenvalue weighted by molar-refractivity contribution is 5.94. The van der Waals surface area contributed by atoms with Crippen molar-refractivity contribution in [2.45, 2.75) is 26.7 Å². The number of likely N-dealkylation sites (N-methyl/N-ethyl adjacent to an activating group) is 1. The van der Waals surface area contributed by atoms with E-state index in [-0.39, 0.29) is 5.91 Å². The zero-order chi connectivity index (χ0) is 14.5. The lowest BCUT2D eigenvalue weighted by Crippen LogP contribution is -2.28. The molecule has 1 aliphatic rings. The molecule has 3 N–H and O–H groups in total. The quantitative estimate of drug-likeness (QED) is 0.779. The van der Waals surface area contributed by atoms with Crippen molar-refractivity contribution in [3.63, 3.8) is 0 Å². The van der Waals surface area contributed by atoms with Crippen molar-refractivity contribution in [3.05, 3.63) is 17.7 Å². The van der Waals surface area contributed by atoms with Gasteiger partial charge in [-0.25, -0.2) is 0 Å². The molecule has 20 heavy (non-hydrogen) atoms. The van der Waals surface area contributed by atoms with Crippen LogP contribution in [0.2, 0.25) is 0 Å². The van der Waals surface area contributed by atoms with Crippen molar-refractivity contribution < 1.29 is 9.53 Å². The molecule has 0 radical (unpaired) electrons. The Balaban J connectivity index is 2.00. The molecular weight excluding hydrogens is 254 g/mol. The number of nitrogens with one attached hydrogen (secondary N) is 1. The number of carbonyl (C=O) groups is 1. The summed E-state index contributed by atoms with van der Waals surface area (Å²) in [5, 5.41) is 2.84. The summed E-state index contributed by atoms with van der Waals surface area (Å²) in [6, 6.07) is 3.74. The summed E-state index contributed by atoms with van der Waals surface area (Å²) < 4.78 is 5.78. The summed E-state index contributed by atoms with van der Waals surface area (Å²) in [6.45, 7) is 7.83. The van der Waals surface area contributed by atoms with E-state index in [1.807, 2.05) is 6.07 Å². The molecule has 0 fully saturated rings. The van der Waals surface area contributed by atoms with Crippen LogP contribution < -0.4 is 15.8 Å². The standard InChI is InChI=1S/C15H23N3O2/c1-3-18(4-2)7-8-20-14-9-11-5-6-15(19)17-13(11)10-12(14)16/h9-10H,3-8,16H2,1-2H3,(H,17,19). The third-order valence-electron chi connectivity index (χ3n) is 3.69. The van der Waals surface area contributed by atoms with Gasteiger partial charge in [-0.15, -0.1) is 0 Å². The van der Waals surface area contributed by atoms with Crippen molar-refractivity contribution >= 4 is 17.3 Å². The van der Waals surface area contributed by atoms with Gasteiger partial charge < -0.3 is 20.7 Å². The predicted molar refractivity (Wildman–Crippen MR) is 81.1 cm³/mol. The van der Waals surface area contributed by atoms with Crippen LogP contribution in [0.5, 0.6) is 5.75 Å². The lowest BCUT2D eigenvalue weighted by atomic mass is 10.0. The summed E-state index contributed by atoms with van der Waals surface area (Å²) in [5.74, 6) is 0.763. The minimum absolute atomic E-state index is 0.0482. The Hall–Kier alpha value is -1.75. The zero-order valence-corrected chi connectivity index (χ0v) is 12.2. The molecule has 0 unspecified atom stereocenters. The number of amides is 1. The number of anilines is 2. The number of benzene rings is 1. The summed E-state index contributed by atoms with van der Waals surface area (Å²) >= 11 is 0. The van der Waals surface area contributed by atoms with E-state index in [0.717, 1.165) is 37.3 Å². The van der Waals surface area contributed by atoms with Gasteiger partial charge in [-0.05, 0) is 37.2 Å². The van der Waals surface area contributed by atoms with Gasteiger partial charge in [-0.2, -0.15) is 0 Å². The van der Waals surface area contributed by atoms with Gasteiger partial charge >= 0.3 is 0 Å². The molecule has 1 aliphatic heterocycles. The summed E-state index contributed by atoms with van der Waals surface area (Å²) in [6.07, 6.45) is 1.27. The van der Waals surface area contributed by atoms with Crippen molar-refractivity contribution in [2.75, 3.05) is 37.3 Å². The topological polar surface area (TPSA) is 67.6 Å². The third kappa shape index (κ3) is 3.42. The number of hydrogen-bond acceptors (Lipinski definition) is 4. The Kier molecular flexibility index (Phi) is 4.84. The predicted octanol–water partition coefficient (Wildman–Crippen LogP) is 1.87. The second-order valence-corrected chi connectivity index (χ2v) is 4.97. The molecule has 0 saturated heterocycles. The van der Waals surface area contributed by atoms with Gasteiger partial charge in [0.25, 0.3) is 0 Å². The van der Waals surface area contributed by atoms with Crippen LogP contribution in [0, 0.1) is 0 Å². The molecule has 1 heterocycles. The maximum atomic E-state index is 11.3. The smallest absolute Gasteiger partial charge is 0.224 e. The molecular formula is C15H23N3O2. The van der Waals surface area contributed by atoms with Crippen molar-refractivity contribution in [1.82, 2.24) is 4.90 Å². The Bertz CT molecular complexity index is 484. The average molecular weight is 277 g/mol. The lowest BCUT2D eigenvalue weighted by molar-refractivity contribution is -0.116. The molecule has 1 aromatic carbocycles. The Labute approximate surface area is 120 Å². The molecule has 0 aliphatic carbocycles. The van der Waals surface area contributed by atoms with E-state index in [4.69, 9.17) is 10.5 Å². The number of rotatable bonds is 6. The fourth-order valence-electron chi connectivity index (χ4n) is 2.37. The van der Waals surface area contributed by atoms with Gasteiger partial charge in [0.05, 0.1) is 5.69 Å². The fraction of sp³-hybridized carbons (Fsp3) is 0.533. The lowest BCUT2D eigenvalue weighted by Gasteiger charge is -2.21. The highest BCUT2D eigenvalue weighted by Crippen LogP contribution is 2.32. The normalized spacial score (nSPS) is 14.1. The van der Waals surface area contributed by atoms with Crippen LogP contribution >= 0.6 is 0 Å². The molecule has 0 atom stereocenters. The van der Waals surface area contributed by atoms with Crippen LogP contribution in [0.15, 0.2) is 12.1 Å². The minimum atomic E-state index is 0.0482. The number of ether oxygens (including phenoxy) is 1. The second-order valence-electron chi connectivity index (χ2n) is 4.97. The van der Waals surface area contributed by atoms with Crippen LogP contribution in [0.25, 0.3) is 0 Å². The van der Waals surface area contributed by atoms with Crippen molar-refractivity contribution in [3.8, 4) is 5.75 Å². The first-order valence-electron chi connectivity index (χ1n) is 7.21. The first-order chi connectivity index (χ1) is 9.63. The fourth-order valence-corrected chi connectivity index (χ4v) is 2.37. The number of nitrogen functional groups attached to an aromatic ring is 1. The van der Waals surface area contributed by atoms with E-state index < -0.39 is 0 Å². The molecule has 2 rings (SSSR count). The average Bonchev–Trinajstić information content (AvgIpc) is 2.44. The first-order valence-corrected chi connectivity index (χ1v) is 7.21. The Morgan fingerprint density at radius 1 is 1.30 bits per heavy atom. The number of nitrogens with two attached hydrogens (primary N) is 1. The van der Waals surface area contributed by atoms with Crippen LogP contribution in [-0.2, 0) is 11.2 Å². The SMILES string of the molecule is CCN(CC)CCOc1cc2c(cc1N)NC(=O)CC2.